The molecule has 1 heterocycles. The van der Waals surface area contributed by atoms with Gasteiger partial charge in [0, 0.05) is 26.2 Å². The van der Waals surface area contributed by atoms with Gasteiger partial charge in [0.05, 0.1) is 6.07 Å². The van der Waals surface area contributed by atoms with Crippen LogP contribution in [-0.2, 0) is 5.41 Å². The molecule has 0 spiro atoms. The van der Waals surface area contributed by atoms with Crippen molar-refractivity contribution in [3.05, 3.63) is 29.8 Å². The fourth-order valence-electron chi connectivity index (χ4n) is 2.47. The Balaban J connectivity index is 1.82. The Morgan fingerprint density at radius 3 is 2.67 bits per heavy atom. The van der Waals surface area contributed by atoms with Gasteiger partial charge >= 0.3 is 0 Å². The molecule has 1 aromatic carbocycles. The summed E-state index contributed by atoms with van der Waals surface area (Å²) in [5.74, 6) is 0.895. The normalized spacial score (nSPS) is 20.0. The van der Waals surface area contributed by atoms with Gasteiger partial charge in [-0.05, 0) is 23.1 Å². The maximum absolute atomic E-state index is 9.11. The van der Waals surface area contributed by atoms with Crippen LogP contribution < -0.4 is 10.1 Å². The molecule has 0 aliphatic carbocycles. The van der Waals surface area contributed by atoms with Crippen molar-refractivity contribution in [2.24, 2.45) is 0 Å². The molecule has 0 aromatic heterocycles. The lowest BCUT2D eigenvalue weighted by molar-refractivity contribution is 0.161. The molecule has 0 amide bonds. The summed E-state index contributed by atoms with van der Waals surface area (Å²) in [6.07, 6.45) is 0. The molecule has 1 unspecified atom stereocenters. The van der Waals surface area contributed by atoms with E-state index in [2.05, 4.69) is 49.2 Å². The second-order valence-electron chi connectivity index (χ2n) is 6.51. The van der Waals surface area contributed by atoms with E-state index in [0.717, 1.165) is 31.9 Å². The van der Waals surface area contributed by atoms with E-state index in [0.29, 0.717) is 6.61 Å². The first kappa shape index (κ1) is 15.8. The van der Waals surface area contributed by atoms with Crippen molar-refractivity contribution >= 4 is 0 Å². The van der Waals surface area contributed by atoms with Crippen molar-refractivity contribution in [1.29, 1.82) is 5.26 Å². The van der Waals surface area contributed by atoms with E-state index >= 15 is 0 Å². The van der Waals surface area contributed by atoms with Crippen LogP contribution in [0.25, 0.3) is 0 Å². The minimum absolute atomic E-state index is 0.0365. The van der Waals surface area contributed by atoms with Gasteiger partial charge in [0.25, 0.3) is 0 Å². The minimum Gasteiger partial charge on any atom is -0.492 e. The third-order valence-electron chi connectivity index (χ3n) is 3.87. The summed E-state index contributed by atoms with van der Waals surface area (Å²) in [4.78, 5) is 2.18. The molecular weight excluding hydrogens is 262 g/mol. The Morgan fingerprint density at radius 1 is 1.33 bits per heavy atom. The molecule has 1 N–H and O–H groups in total. The highest BCUT2D eigenvalue weighted by atomic mass is 16.5. The van der Waals surface area contributed by atoms with E-state index in [1.54, 1.807) is 0 Å². The molecule has 114 valence electrons. The summed E-state index contributed by atoms with van der Waals surface area (Å²) in [7, 11) is 0. The molecular formula is C17H25N3O. The molecule has 4 heteroatoms. The molecule has 0 radical (unpaired) electrons. The molecule has 2 rings (SSSR count). The molecule has 1 aliphatic rings. The second kappa shape index (κ2) is 6.93. The van der Waals surface area contributed by atoms with Gasteiger partial charge in [-0.2, -0.15) is 5.26 Å². The third kappa shape index (κ3) is 4.45. The van der Waals surface area contributed by atoms with Crippen molar-refractivity contribution in [2.75, 3.05) is 32.8 Å². The van der Waals surface area contributed by atoms with Crippen molar-refractivity contribution in [2.45, 2.75) is 32.2 Å². The summed E-state index contributed by atoms with van der Waals surface area (Å²) in [6.45, 7) is 10.6. The quantitative estimate of drug-likeness (QED) is 0.922. The maximum Gasteiger partial charge on any atom is 0.119 e. The number of nitrogens with one attached hydrogen (secondary N) is 1. The monoisotopic (exact) mass is 287 g/mol. The first-order chi connectivity index (χ1) is 10.0. The molecule has 1 aromatic rings. The second-order valence-corrected chi connectivity index (χ2v) is 6.51. The van der Waals surface area contributed by atoms with E-state index in [-0.39, 0.29) is 11.5 Å². The van der Waals surface area contributed by atoms with Gasteiger partial charge in [-0.25, -0.2) is 0 Å². The number of hydrogen-bond acceptors (Lipinski definition) is 4. The van der Waals surface area contributed by atoms with Gasteiger partial charge in [-0.1, -0.05) is 32.9 Å². The summed E-state index contributed by atoms with van der Waals surface area (Å²) in [5, 5.41) is 12.4. The molecule has 1 saturated heterocycles. The zero-order valence-corrected chi connectivity index (χ0v) is 13.2. The molecule has 1 fully saturated rings. The molecule has 1 aliphatic heterocycles. The van der Waals surface area contributed by atoms with Crippen LogP contribution in [0.3, 0.4) is 0 Å². The van der Waals surface area contributed by atoms with Crippen LogP contribution in [-0.4, -0.2) is 43.7 Å². The standard InChI is InChI=1S/C17H25N3O/c1-17(2,3)14-4-6-16(7-5-14)21-11-10-20-9-8-19-13-15(20)12-18/h4-7,15,19H,8-11,13H2,1-3H3. The zero-order chi connectivity index (χ0) is 15.3. The fraction of sp³-hybridized carbons (Fsp3) is 0.588. The van der Waals surface area contributed by atoms with Crippen molar-refractivity contribution in [3.8, 4) is 11.8 Å². The number of nitriles is 1. The number of nitrogens with zero attached hydrogens (tertiary/aromatic N) is 2. The predicted octanol–water partition coefficient (Wildman–Crippen LogP) is 2.16. The van der Waals surface area contributed by atoms with E-state index < -0.39 is 0 Å². The molecule has 4 nitrogen and oxygen atoms in total. The van der Waals surface area contributed by atoms with Crippen LogP contribution in [0.2, 0.25) is 0 Å². The van der Waals surface area contributed by atoms with Crippen molar-refractivity contribution in [1.82, 2.24) is 10.2 Å². The van der Waals surface area contributed by atoms with Gasteiger partial charge in [0.2, 0.25) is 0 Å². The van der Waals surface area contributed by atoms with E-state index in [4.69, 9.17) is 10.00 Å². The van der Waals surface area contributed by atoms with E-state index in [9.17, 15) is 0 Å². The van der Waals surface area contributed by atoms with Crippen LogP contribution in [0.15, 0.2) is 24.3 Å². The Kier molecular flexibility index (Phi) is 5.22. The number of piperazine rings is 1. The largest absolute Gasteiger partial charge is 0.492 e. The van der Waals surface area contributed by atoms with Crippen LogP contribution in [0.4, 0.5) is 0 Å². The molecule has 0 saturated carbocycles. The lowest BCUT2D eigenvalue weighted by Crippen LogP contribution is -2.51. The predicted molar refractivity (Wildman–Crippen MR) is 84.5 cm³/mol. The average Bonchev–Trinajstić information content (AvgIpc) is 2.47. The van der Waals surface area contributed by atoms with E-state index in [1.165, 1.54) is 5.56 Å². The number of ether oxygens (including phenoxy) is 1. The van der Waals surface area contributed by atoms with Crippen LogP contribution >= 0.6 is 0 Å². The van der Waals surface area contributed by atoms with Gasteiger partial charge in [-0.3, -0.25) is 4.90 Å². The highest BCUT2D eigenvalue weighted by molar-refractivity contribution is 5.31. The molecule has 1 atom stereocenters. The first-order valence-corrected chi connectivity index (χ1v) is 7.58. The fourth-order valence-corrected chi connectivity index (χ4v) is 2.47. The average molecular weight is 287 g/mol. The first-order valence-electron chi connectivity index (χ1n) is 7.58. The Labute approximate surface area is 127 Å². The number of hydrogen-bond donors (Lipinski definition) is 1. The highest BCUT2D eigenvalue weighted by Gasteiger charge is 2.21. The van der Waals surface area contributed by atoms with Crippen LogP contribution in [0.1, 0.15) is 26.3 Å². The van der Waals surface area contributed by atoms with Crippen molar-refractivity contribution < 1.29 is 4.74 Å². The molecule has 21 heavy (non-hydrogen) atoms. The summed E-state index contributed by atoms with van der Waals surface area (Å²) in [5.41, 5.74) is 1.47. The number of rotatable bonds is 4. The third-order valence-corrected chi connectivity index (χ3v) is 3.87. The lowest BCUT2D eigenvalue weighted by Gasteiger charge is -2.31. The lowest BCUT2D eigenvalue weighted by atomic mass is 9.87. The van der Waals surface area contributed by atoms with Gasteiger partial charge in [0.15, 0.2) is 0 Å². The zero-order valence-electron chi connectivity index (χ0n) is 13.2. The van der Waals surface area contributed by atoms with Crippen LogP contribution in [0.5, 0.6) is 5.75 Å². The van der Waals surface area contributed by atoms with E-state index in [1.807, 2.05) is 12.1 Å². The van der Waals surface area contributed by atoms with Crippen LogP contribution in [0, 0.1) is 11.3 Å². The number of benzene rings is 1. The maximum atomic E-state index is 9.11. The van der Waals surface area contributed by atoms with Crippen molar-refractivity contribution in [3.63, 3.8) is 0 Å². The topological polar surface area (TPSA) is 48.3 Å². The highest BCUT2D eigenvalue weighted by Crippen LogP contribution is 2.24. The van der Waals surface area contributed by atoms with Gasteiger partial charge in [-0.15, -0.1) is 0 Å². The SMILES string of the molecule is CC(C)(C)c1ccc(OCCN2CCNCC2C#N)cc1. The molecule has 0 bridgehead atoms. The van der Waals surface area contributed by atoms with Gasteiger partial charge in [0.1, 0.15) is 18.4 Å². The Hall–Kier alpha value is -1.57. The summed E-state index contributed by atoms with van der Waals surface area (Å²) in [6, 6.07) is 10.6. The summed E-state index contributed by atoms with van der Waals surface area (Å²) >= 11 is 0. The minimum atomic E-state index is -0.0365. The Morgan fingerprint density at radius 2 is 2.05 bits per heavy atom. The summed E-state index contributed by atoms with van der Waals surface area (Å²) < 4.78 is 5.80. The smallest absolute Gasteiger partial charge is 0.119 e. The Bertz CT molecular complexity index is 484. The van der Waals surface area contributed by atoms with Gasteiger partial charge < -0.3 is 10.1 Å².